The van der Waals surface area contributed by atoms with Crippen LogP contribution in [0.4, 0.5) is 0 Å². The molecule has 3 atom stereocenters. The third-order valence-corrected chi connectivity index (χ3v) is 4.97. The Balaban J connectivity index is 1.77. The molecular weight excluding hydrogens is 218 g/mol. The molecule has 1 saturated carbocycles. The van der Waals surface area contributed by atoms with Gasteiger partial charge in [-0.05, 0) is 18.8 Å². The van der Waals surface area contributed by atoms with Crippen molar-refractivity contribution >= 4 is 17.5 Å². The zero-order valence-electron chi connectivity index (χ0n) is 10.2. The van der Waals surface area contributed by atoms with Crippen molar-refractivity contribution in [1.29, 1.82) is 0 Å². The van der Waals surface area contributed by atoms with Gasteiger partial charge in [-0.15, -0.1) is 0 Å². The van der Waals surface area contributed by atoms with Gasteiger partial charge in [-0.3, -0.25) is 4.79 Å². The zero-order valence-corrected chi connectivity index (χ0v) is 11.0. The fraction of sp³-hybridized carbons (Fsp3) is 0.923. The van der Waals surface area contributed by atoms with Crippen LogP contribution < -0.4 is 5.32 Å². The molecule has 3 unspecified atom stereocenters. The standard InChI is InChI=1S/C13H23NOS/c1-10-3-2-4-11(7-10)13(15)8-12-9-16-6-5-14-12/h10-12,14H,2-9H2,1H3. The van der Waals surface area contributed by atoms with Crippen LogP contribution in [0.2, 0.25) is 0 Å². The lowest BCUT2D eigenvalue weighted by Gasteiger charge is -2.28. The average Bonchev–Trinajstić information content (AvgIpc) is 2.30. The molecule has 1 saturated heterocycles. The maximum absolute atomic E-state index is 12.2. The van der Waals surface area contributed by atoms with E-state index in [4.69, 9.17) is 0 Å². The van der Waals surface area contributed by atoms with Crippen molar-refractivity contribution in [3.63, 3.8) is 0 Å². The molecule has 1 N–H and O–H groups in total. The van der Waals surface area contributed by atoms with E-state index in [1.165, 1.54) is 18.6 Å². The van der Waals surface area contributed by atoms with Crippen molar-refractivity contribution in [2.24, 2.45) is 11.8 Å². The molecule has 0 bridgehead atoms. The van der Waals surface area contributed by atoms with Crippen LogP contribution in [0, 0.1) is 11.8 Å². The van der Waals surface area contributed by atoms with Gasteiger partial charge in [0.1, 0.15) is 5.78 Å². The molecule has 0 aromatic heterocycles. The van der Waals surface area contributed by atoms with Gasteiger partial charge in [0.05, 0.1) is 0 Å². The summed E-state index contributed by atoms with van der Waals surface area (Å²) in [6.07, 6.45) is 5.62. The maximum Gasteiger partial charge on any atom is 0.137 e. The van der Waals surface area contributed by atoms with Crippen LogP contribution >= 0.6 is 11.8 Å². The number of hydrogen-bond acceptors (Lipinski definition) is 3. The number of nitrogens with one attached hydrogen (secondary N) is 1. The fourth-order valence-corrected chi connectivity index (χ4v) is 3.84. The van der Waals surface area contributed by atoms with E-state index in [1.807, 2.05) is 11.8 Å². The van der Waals surface area contributed by atoms with Crippen LogP contribution in [-0.4, -0.2) is 29.9 Å². The first-order valence-electron chi connectivity index (χ1n) is 6.59. The van der Waals surface area contributed by atoms with Gasteiger partial charge in [0, 0.05) is 36.4 Å². The molecule has 0 spiro atoms. The molecular formula is C13H23NOS. The van der Waals surface area contributed by atoms with Gasteiger partial charge in [0.2, 0.25) is 0 Å². The Morgan fingerprint density at radius 3 is 3.00 bits per heavy atom. The predicted molar refractivity (Wildman–Crippen MR) is 69.9 cm³/mol. The number of Topliss-reactive ketones (excluding diaryl/α,β-unsaturated/α-hetero) is 1. The second-order valence-corrected chi connectivity index (χ2v) is 6.51. The highest BCUT2D eigenvalue weighted by Crippen LogP contribution is 2.30. The van der Waals surface area contributed by atoms with Gasteiger partial charge in [-0.2, -0.15) is 11.8 Å². The van der Waals surface area contributed by atoms with Crippen molar-refractivity contribution in [1.82, 2.24) is 5.32 Å². The predicted octanol–water partition coefficient (Wildman–Crippen LogP) is 2.48. The number of ketones is 1. The lowest BCUT2D eigenvalue weighted by atomic mass is 9.79. The summed E-state index contributed by atoms with van der Waals surface area (Å²) in [4.78, 5) is 12.2. The Labute approximate surface area is 103 Å². The second-order valence-electron chi connectivity index (χ2n) is 5.37. The Morgan fingerprint density at radius 1 is 1.44 bits per heavy atom. The molecule has 2 nitrogen and oxygen atoms in total. The van der Waals surface area contributed by atoms with Gasteiger partial charge >= 0.3 is 0 Å². The smallest absolute Gasteiger partial charge is 0.137 e. The third-order valence-electron chi connectivity index (χ3n) is 3.84. The van der Waals surface area contributed by atoms with E-state index in [2.05, 4.69) is 12.2 Å². The van der Waals surface area contributed by atoms with Crippen LogP contribution in [0.3, 0.4) is 0 Å². The van der Waals surface area contributed by atoms with E-state index in [9.17, 15) is 4.79 Å². The zero-order chi connectivity index (χ0) is 11.4. The van der Waals surface area contributed by atoms with Gasteiger partial charge in [0.15, 0.2) is 0 Å². The topological polar surface area (TPSA) is 29.1 Å². The number of rotatable bonds is 3. The summed E-state index contributed by atoms with van der Waals surface area (Å²) in [5, 5.41) is 3.46. The molecule has 92 valence electrons. The number of carbonyl (C=O) groups is 1. The van der Waals surface area contributed by atoms with Crippen molar-refractivity contribution in [2.75, 3.05) is 18.1 Å². The molecule has 1 aliphatic carbocycles. The SMILES string of the molecule is CC1CCCC(C(=O)CC2CSCCN2)C1. The van der Waals surface area contributed by atoms with Crippen molar-refractivity contribution in [3.8, 4) is 0 Å². The molecule has 2 aliphatic rings. The minimum absolute atomic E-state index is 0.373. The molecule has 1 heterocycles. The van der Waals surface area contributed by atoms with E-state index in [0.29, 0.717) is 17.7 Å². The van der Waals surface area contributed by atoms with Crippen LogP contribution in [0.25, 0.3) is 0 Å². The highest BCUT2D eigenvalue weighted by Gasteiger charge is 2.27. The first-order chi connectivity index (χ1) is 7.75. The Hall–Kier alpha value is -0.0200. The second kappa shape index (κ2) is 6.06. The van der Waals surface area contributed by atoms with Crippen LogP contribution in [0.15, 0.2) is 0 Å². The normalized spacial score (nSPS) is 35.9. The summed E-state index contributed by atoms with van der Waals surface area (Å²) in [6, 6.07) is 0.448. The van der Waals surface area contributed by atoms with Gasteiger partial charge in [-0.1, -0.05) is 19.8 Å². The summed E-state index contributed by atoms with van der Waals surface area (Å²) in [7, 11) is 0. The van der Waals surface area contributed by atoms with E-state index in [0.717, 1.165) is 37.5 Å². The maximum atomic E-state index is 12.2. The van der Waals surface area contributed by atoms with E-state index in [1.54, 1.807) is 0 Å². The summed E-state index contributed by atoms with van der Waals surface area (Å²) in [5.74, 6) is 3.97. The lowest BCUT2D eigenvalue weighted by Crippen LogP contribution is -2.40. The quantitative estimate of drug-likeness (QED) is 0.823. The van der Waals surface area contributed by atoms with Crippen molar-refractivity contribution in [2.45, 2.75) is 45.1 Å². The van der Waals surface area contributed by atoms with Crippen LogP contribution in [0.5, 0.6) is 0 Å². The van der Waals surface area contributed by atoms with E-state index in [-0.39, 0.29) is 0 Å². The molecule has 0 aromatic rings. The fourth-order valence-electron chi connectivity index (χ4n) is 2.89. The minimum atomic E-state index is 0.373. The summed E-state index contributed by atoms with van der Waals surface area (Å²) in [6.45, 7) is 3.36. The first kappa shape index (κ1) is 12.4. The van der Waals surface area contributed by atoms with Gasteiger partial charge < -0.3 is 5.32 Å². The molecule has 16 heavy (non-hydrogen) atoms. The van der Waals surface area contributed by atoms with Crippen LogP contribution in [0.1, 0.15) is 39.0 Å². The monoisotopic (exact) mass is 241 g/mol. The molecule has 0 aromatic carbocycles. The third kappa shape index (κ3) is 3.49. The highest BCUT2D eigenvalue weighted by molar-refractivity contribution is 7.99. The molecule has 0 amide bonds. The summed E-state index contributed by atoms with van der Waals surface area (Å²) >= 11 is 1.98. The molecule has 2 rings (SSSR count). The largest absolute Gasteiger partial charge is 0.312 e. The first-order valence-corrected chi connectivity index (χ1v) is 7.75. The Morgan fingerprint density at radius 2 is 2.31 bits per heavy atom. The molecule has 1 aliphatic heterocycles. The molecule has 0 radical (unpaired) electrons. The summed E-state index contributed by atoms with van der Waals surface area (Å²) < 4.78 is 0. The Kier molecular flexibility index (Phi) is 4.71. The number of carbonyl (C=O) groups excluding carboxylic acids is 1. The summed E-state index contributed by atoms with van der Waals surface area (Å²) in [5.41, 5.74) is 0. The van der Waals surface area contributed by atoms with Crippen molar-refractivity contribution in [3.05, 3.63) is 0 Å². The van der Waals surface area contributed by atoms with Crippen LogP contribution in [-0.2, 0) is 4.79 Å². The van der Waals surface area contributed by atoms with E-state index < -0.39 is 0 Å². The van der Waals surface area contributed by atoms with Crippen molar-refractivity contribution < 1.29 is 4.79 Å². The average molecular weight is 241 g/mol. The molecule has 2 fully saturated rings. The minimum Gasteiger partial charge on any atom is -0.312 e. The van der Waals surface area contributed by atoms with Gasteiger partial charge in [-0.25, -0.2) is 0 Å². The van der Waals surface area contributed by atoms with Gasteiger partial charge in [0.25, 0.3) is 0 Å². The molecule has 3 heteroatoms. The number of thioether (sulfide) groups is 1. The number of hydrogen-bond donors (Lipinski definition) is 1. The van der Waals surface area contributed by atoms with E-state index >= 15 is 0 Å². The highest BCUT2D eigenvalue weighted by atomic mass is 32.2. The lowest BCUT2D eigenvalue weighted by molar-refractivity contribution is -0.124. The Bertz CT molecular complexity index is 238.